The highest BCUT2D eigenvalue weighted by Crippen LogP contribution is 2.22. The number of benzene rings is 1. The zero-order chi connectivity index (χ0) is 18.0. The van der Waals surface area contributed by atoms with E-state index in [1.807, 2.05) is 0 Å². The number of nitro groups is 1. The van der Waals surface area contributed by atoms with E-state index in [1.54, 1.807) is 16.9 Å². The second-order valence-corrected chi connectivity index (χ2v) is 8.32. The van der Waals surface area contributed by atoms with E-state index in [9.17, 15) is 18.5 Å². The molecule has 0 amide bonds. The Morgan fingerprint density at radius 3 is 2.96 bits per heavy atom. The molecule has 10 heteroatoms. The molecule has 0 aliphatic carbocycles. The number of likely N-dealkylation sites (tertiary alicyclic amines) is 1. The zero-order valence-corrected chi connectivity index (χ0v) is 14.8. The standard InChI is InChI=1S/C15H21N5O4S/c1-25(23,24)17-8-12-3-2-6-18(10-12)11-19-15-7-14(20(21)22)5-4-13(15)9-16-19/h4-5,7,9,12,17H,2-3,6,8,10-11H2,1H3/t12-/m1/s1. The summed E-state index contributed by atoms with van der Waals surface area (Å²) < 4.78 is 26.8. The Bertz CT molecular complexity index is 879. The lowest BCUT2D eigenvalue weighted by Crippen LogP contribution is -2.41. The molecular formula is C15H21N5O4S. The van der Waals surface area contributed by atoms with Crippen molar-refractivity contribution < 1.29 is 13.3 Å². The molecule has 1 atom stereocenters. The molecule has 0 radical (unpaired) electrons. The number of hydrogen-bond acceptors (Lipinski definition) is 6. The van der Waals surface area contributed by atoms with Gasteiger partial charge in [-0.3, -0.25) is 19.7 Å². The number of rotatable bonds is 6. The summed E-state index contributed by atoms with van der Waals surface area (Å²) in [6, 6.07) is 4.71. The van der Waals surface area contributed by atoms with Crippen LogP contribution in [0.5, 0.6) is 0 Å². The Morgan fingerprint density at radius 1 is 1.44 bits per heavy atom. The lowest BCUT2D eigenvalue weighted by molar-refractivity contribution is -0.384. The third kappa shape index (κ3) is 4.53. The molecule has 0 spiro atoms. The van der Waals surface area contributed by atoms with Crippen molar-refractivity contribution in [3.8, 4) is 0 Å². The van der Waals surface area contributed by atoms with Crippen LogP contribution in [-0.2, 0) is 16.7 Å². The first-order valence-electron chi connectivity index (χ1n) is 8.09. The first-order valence-corrected chi connectivity index (χ1v) is 9.98. The van der Waals surface area contributed by atoms with E-state index >= 15 is 0 Å². The highest BCUT2D eigenvalue weighted by atomic mass is 32.2. The molecule has 2 heterocycles. The van der Waals surface area contributed by atoms with E-state index < -0.39 is 14.9 Å². The van der Waals surface area contributed by atoms with Crippen molar-refractivity contribution in [1.29, 1.82) is 0 Å². The van der Waals surface area contributed by atoms with Crippen LogP contribution in [0.25, 0.3) is 10.9 Å². The van der Waals surface area contributed by atoms with Crippen LogP contribution in [0, 0.1) is 16.0 Å². The van der Waals surface area contributed by atoms with Crippen molar-refractivity contribution in [3.63, 3.8) is 0 Å². The zero-order valence-electron chi connectivity index (χ0n) is 14.0. The number of nitrogens with one attached hydrogen (secondary N) is 1. The van der Waals surface area contributed by atoms with Gasteiger partial charge in [-0.1, -0.05) is 0 Å². The molecule has 0 unspecified atom stereocenters. The summed E-state index contributed by atoms with van der Waals surface area (Å²) in [5, 5.41) is 16.2. The maximum Gasteiger partial charge on any atom is 0.271 e. The Balaban J connectivity index is 1.70. The van der Waals surface area contributed by atoms with Crippen molar-refractivity contribution in [2.24, 2.45) is 5.92 Å². The highest BCUT2D eigenvalue weighted by Gasteiger charge is 2.22. The maximum absolute atomic E-state index is 11.3. The number of fused-ring (bicyclic) bond motifs is 1. The molecule has 1 N–H and O–H groups in total. The summed E-state index contributed by atoms with van der Waals surface area (Å²) in [6.45, 7) is 2.62. The number of sulfonamides is 1. The molecule has 1 saturated heterocycles. The van der Waals surface area contributed by atoms with Gasteiger partial charge in [0, 0.05) is 30.6 Å². The molecule has 1 aromatic heterocycles. The first kappa shape index (κ1) is 17.8. The van der Waals surface area contributed by atoms with E-state index in [1.165, 1.54) is 12.1 Å². The van der Waals surface area contributed by atoms with Crippen molar-refractivity contribution in [3.05, 3.63) is 34.5 Å². The molecule has 1 aliphatic rings. The minimum atomic E-state index is -3.18. The molecule has 1 aliphatic heterocycles. The van der Waals surface area contributed by atoms with Gasteiger partial charge in [-0.25, -0.2) is 13.1 Å². The summed E-state index contributed by atoms with van der Waals surface area (Å²) in [5.41, 5.74) is 0.772. The van der Waals surface area contributed by atoms with Crippen LogP contribution >= 0.6 is 0 Å². The van der Waals surface area contributed by atoms with Gasteiger partial charge in [0.25, 0.3) is 5.69 Å². The number of nitrogens with zero attached hydrogens (tertiary/aromatic N) is 4. The van der Waals surface area contributed by atoms with Gasteiger partial charge < -0.3 is 0 Å². The fourth-order valence-electron chi connectivity index (χ4n) is 3.19. The summed E-state index contributed by atoms with van der Waals surface area (Å²) in [5.74, 6) is 0.250. The molecule has 1 fully saturated rings. The second-order valence-electron chi connectivity index (χ2n) is 6.49. The Hall–Kier alpha value is -2.04. The fourth-order valence-corrected chi connectivity index (χ4v) is 3.73. The first-order chi connectivity index (χ1) is 11.8. The van der Waals surface area contributed by atoms with Gasteiger partial charge in [0.1, 0.15) is 0 Å². The molecule has 25 heavy (non-hydrogen) atoms. The highest BCUT2D eigenvalue weighted by molar-refractivity contribution is 7.88. The van der Waals surface area contributed by atoms with Gasteiger partial charge in [0.05, 0.1) is 29.6 Å². The molecule has 9 nitrogen and oxygen atoms in total. The van der Waals surface area contributed by atoms with E-state index in [0.717, 1.165) is 43.1 Å². The van der Waals surface area contributed by atoms with Gasteiger partial charge >= 0.3 is 0 Å². The monoisotopic (exact) mass is 367 g/mol. The van der Waals surface area contributed by atoms with Gasteiger partial charge in [-0.15, -0.1) is 0 Å². The summed E-state index contributed by atoms with van der Waals surface area (Å²) in [6.07, 6.45) is 4.82. The maximum atomic E-state index is 11.3. The molecule has 2 aromatic rings. The normalized spacial score (nSPS) is 19.3. The number of aromatic nitrogens is 2. The van der Waals surface area contributed by atoms with Crippen molar-refractivity contribution in [2.75, 3.05) is 25.9 Å². The fraction of sp³-hybridized carbons (Fsp3) is 0.533. The third-order valence-corrected chi connectivity index (χ3v) is 5.10. The number of non-ortho nitro benzene ring substituents is 1. The number of nitro benzene ring substituents is 1. The average Bonchev–Trinajstić information content (AvgIpc) is 2.95. The van der Waals surface area contributed by atoms with Crippen LogP contribution < -0.4 is 4.72 Å². The SMILES string of the molecule is CS(=O)(=O)NC[C@H]1CCCN(Cn2ncc3ccc([N+](=O)[O-])cc32)C1. The van der Waals surface area contributed by atoms with Gasteiger partial charge in [-0.2, -0.15) is 5.10 Å². The van der Waals surface area contributed by atoms with Crippen LogP contribution in [-0.4, -0.2) is 53.9 Å². The van der Waals surface area contributed by atoms with Gasteiger partial charge in [-0.05, 0) is 31.4 Å². The molecule has 3 rings (SSSR count). The number of hydrogen-bond donors (Lipinski definition) is 1. The summed E-state index contributed by atoms with van der Waals surface area (Å²) in [4.78, 5) is 12.8. The van der Waals surface area contributed by atoms with Crippen LogP contribution in [0.2, 0.25) is 0 Å². The molecule has 0 saturated carbocycles. The summed E-state index contributed by atoms with van der Waals surface area (Å²) in [7, 11) is -3.18. The lowest BCUT2D eigenvalue weighted by Gasteiger charge is -2.32. The van der Waals surface area contributed by atoms with Crippen molar-refractivity contribution >= 4 is 26.6 Å². The molecular weight excluding hydrogens is 346 g/mol. The van der Waals surface area contributed by atoms with Gasteiger partial charge in [0.15, 0.2) is 0 Å². The number of piperidine rings is 1. The van der Waals surface area contributed by atoms with E-state index in [2.05, 4.69) is 14.7 Å². The molecule has 1 aromatic carbocycles. The Labute approximate surface area is 145 Å². The summed E-state index contributed by atoms with van der Waals surface area (Å²) >= 11 is 0. The largest absolute Gasteiger partial charge is 0.284 e. The second kappa shape index (κ2) is 7.06. The van der Waals surface area contributed by atoms with Crippen LogP contribution in [0.4, 0.5) is 5.69 Å². The van der Waals surface area contributed by atoms with Crippen LogP contribution in [0.15, 0.2) is 24.4 Å². The van der Waals surface area contributed by atoms with E-state index in [-0.39, 0.29) is 11.6 Å². The predicted octanol–water partition coefficient (Wildman–Crippen LogP) is 1.16. The minimum absolute atomic E-state index is 0.0446. The van der Waals surface area contributed by atoms with Crippen molar-refractivity contribution in [2.45, 2.75) is 19.5 Å². The Morgan fingerprint density at radius 2 is 2.24 bits per heavy atom. The Kier molecular flexibility index (Phi) is 5.02. The minimum Gasteiger partial charge on any atom is -0.284 e. The van der Waals surface area contributed by atoms with Crippen molar-refractivity contribution in [1.82, 2.24) is 19.4 Å². The average molecular weight is 367 g/mol. The van der Waals surface area contributed by atoms with Crippen LogP contribution in [0.3, 0.4) is 0 Å². The van der Waals surface area contributed by atoms with E-state index in [0.29, 0.717) is 13.2 Å². The topological polar surface area (TPSA) is 110 Å². The predicted molar refractivity (Wildman–Crippen MR) is 93.5 cm³/mol. The van der Waals surface area contributed by atoms with E-state index in [4.69, 9.17) is 0 Å². The third-order valence-electron chi connectivity index (χ3n) is 4.41. The molecule has 0 bridgehead atoms. The van der Waals surface area contributed by atoms with Crippen LogP contribution in [0.1, 0.15) is 12.8 Å². The smallest absolute Gasteiger partial charge is 0.271 e. The molecule has 136 valence electrons. The quantitative estimate of drug-likeness (QED) is 0.606. The lowest BCUT2D eigenvalue weighted by atomic mass is 9.99. The van der Waals surface area contributed by atoms with Gasteiger partial charge in [0.2, 0.25) is 10.0 Å².